The zero-order valence-electron chi connectivity index (χ0n) is 11.0. The Hall–Kier alpha value is -0.760. The van der Waals surface area contributed by atoms with E-state index in [2.05, 4.69) is 15.3 Å². The lowest BCUT2D eigenvalue weighted by atomic mass is 10.3. The molecule has 2 heterocycles. The summed E-state index contributed by atoms with van der Waals surface area (Å²) in [6, 6.07) is -0.0251. The van der Waals surface area contributed by atoms with Gasteiger partial charge in [-0.05, 0) is 13.8 Å². The van der Waals surface area contributed by atoms with Crippen LogP contribution in [0.5, 0.6) is 0 Å². The third kappa shape index (κ3) is 3.42. The van der Waals surface area contributed by atoms with Crippen molar-refractivity contribution in [2.75, 3.05) is 19.6 Å². The van der Waals surface area contributed by atoms with Crippen LogP contribution in [0.15, 0.2) is 18.6 Å². The molecule has 2 atom stereocenters. The highest BCUT2D eigenvalue weighted by Crippen LogP contribution is 2.25. The molecule has 1 saturated heterocycles. The number of hydrogen-bond donors (Lipinski definition) is 1. The summed E-state index contributed by atoms with van der Waals surface area (Å²) in [5.74, 6) is 0. The first kappa shape index (κ1) is 16.3. The van der Waals surface area contributed by atoms with Crippen LogP contribution < -0.4 is 5.32 Å². The standard InChI is InChI=1S/C11H18N4O2S.ClH/c1-9-7-13-5-6-15(9)18(16,17)10(2)11-8-12-3-4-14-11;/h3-4,8-10,13H,5-7H2,1-2H3;1H. The van der Waals surface area contributed by atoms with Gasteiger partial charge in [-0.2, -0.15) is 4.31 Å². The fourth-order valence-electron chi connectivity index (χ4n) is 2.08. The lowest BCUT2D eigenvalue weighted by Gasteiger charge is -2.34. The van der Waals surface area contributed by atoms with Crippen molar-refractivity contribution in [2.24, 2.45) is 0 Å². The molecule has 0 spiro atoms. The first-order valence-corrected chi connectivity index (χ1v) is 7.51. The van der Waals surface area contributed by atoms with Gasteiger partial charge in [0.15, 0.2) is 0 Å². The molecule has 1 fully saturated rings. The summed E-state index contributed by atoms with van der Waals surface area (Å²) >= 11 is 0. The van der Waals surface area contributed by atoms with E-state index in [0.29, 0.717) is 25.3 Å². The van der Waals surface area contributed by atoms with Crippen molar-refractivity contribution in [3.05, 3.63) is 24.3 Å². The van der Waals surface area contributed by atoms with Crippen molar-refractivity contribution >= 4 is 22.4 Å². The predicted molar refractivity (Wildman–Crippen MR) is 75.7 cm³/mol. The van der Waals surface area contributed by atoms with Crippen LogP contribution in [0.3, 0.4) is 0 Å². The first-order valence-electron chi connectivity index (χ1n) is 6.00. The van der Waals surface area contributed by atoms with E-state index in [1.807, 2.05) is 6.92 Å². The molecule has 2 rings (SSSR count). The highest BCUT2D eigenvalue weighted by atomic mass is 35.5. The molecule has 8 heteroatoms. The average molecular weight is 307 g/mol. The predicted octanol–water partition coefficient (Wildman–Crippen LogP) is 0.583. The molecule has 0 aliphatic carbocycles. The topological polar surface area (TPSA) is 75.2 Å². The summed E-state index contributed by atoms with van der Waals surface area (Å²) < 4.78 is 26.6. The number of nitrogens with one attached hydrogen (secondary N) is 1. The number of nitrogens with zero attached hydrogens (tertiary/aromatic N) is 3. The summed E-state index contributed by atoms with van der Waals surface area (Å²) in [5, 5.41) is 2.52. The van der Waals surface area contributed by atoms with Crippen molar-refractivity contribution < 1.29 is 8.42 Å². The minimum absolute atomic E-state index is 0. The fraction of sp³-hybridized carbons (Fsp3) is 0.636. The van der Waals surface area contributed by atoms with Crippen LogP contribution in [-0.4, -0.2) is 48.4 Å². The molecule has 1 aromatic heterocycles. The molecule has 1 aliphatic rings. The zero-order valence-corrected chi connectivity index (χ0v) is 12.6. The monoisotopic (exact) mass is 306 g/mol. The van der Waals surface area contributed by atoms with Gasteiger partial charge in [0, 0.05) is 44.3 Å². The normalized spacial score (nSPS) is 22.5. The summed E-state index contributed by atoms with van der Waals surface area (Å²) in [4.78, 5) is 8.01. The van der Waals surface area contributed by atoms with Gasteiger partial charge in [0.05, 0.1) is 5.69 Å². The highest BCUT2D eigenvalue weighted by Gasteiger charge is 2.35. The minimum atomic E-state index is -3.37. The molecule has 0 bridgehead atoms. The molecule has 6 nitrogen and oxygen atoms in total. The molecular formula is C11H19ClN4O2S. The van der Waals surface area contributed by atoms with Crippen LogP contribution in [-0.2, 0) is 10.0 Å². The number of hydrogen-bond acceptors (Lipinski definition) is 5. The van der Waals surface area contributed by atoms with Crippen LogP contribution in [0.1, 0.15) is 24.8 Å². The Bertz CT molecular complexity index is 497. The van der Waals surface area contributed by atoms with Gasteiger partial charge < -0.3 is 5.32 Å². The molecule has 1 aromatic rings. The molecule has 1 N–H and O–H groups in total. The second kappa shape index (κ2) is 6.60. The number of rotatable bonds is 3. The highest BCUT2D eigenvalue weighted by molar-refractivity contribution is 7.89. The van der Waals surface area contributed by atoms with Crippen molar-refractivity contribution in [3.63, 3.8) is 0 Å². The van der Waals surface area contributed by atoms with E-state index in [0.717, 1.165) is 0 Å². The number of sulfonamides is 1. The maximum atomic E-state index is 12.5. The van der Waals surface area contributed by atoms with Crippen LogP contribution >= 0.6 is 12.4 Å². The number of halogens is 1. The Morgan fingerprint density at radius 3 is 2.79 bits per heavy atom. The molecule has 19 heavy (non-hydrogen) atoms. The third-order valence-corrected chi connectivity index (χ3v) is 5.54. The van der Waals surface area contributed by atoms with E-state index in [-0.39, 0.29) is 18.4 Å². The van der Waals surface area contributed by atoms with E-state index in [1.54, 1.807) is 11.2 Å². The molecule has 2 unspecified atom stereocenters. The Balaban J connectivity index is 0.00000180. The van der Waals surface area contributed by atoms with E-state index in [1.165, 1.54) is 18.6 Å². The number of piperazine rings is 1. The minimum Gasteiger partial charge on any atom is -0.314 e. The van der Waals surface area contributed by atoms with Gasteiger partial charge in [-0.15, -0.1) is 12.4 Å². The van der Waals surface area contributed by atoms with Gasteiger partial charge in [0.2, 0.25) is 10.0 Å². The lowest BCUT2D eigenvalue weighted by Crippen LogP contribution is -2.53. The van der Waals surface area contributed by atoms with Gasteiger partial charge >= 0.3 is 0 Å². The van der Waals surface area contributed by atoms with Crippen LogP contribution in [0.2, 0.25) is 0 Å². The summed E-state index contributed by atoms with van der Waals surface area (Å²) in [7, 11) is -3.37. The summed E-state index contributed by atoms with van der Waals surface area (Å²) in [6.07, 6.45) is 4.56. The third-order valence-electron chi connectivity index (χ3n) is 3.21. The van der Waals surface area contributed by atoms with Crippen molar-refractivity contribution in [1.82, 2.24) is 19.6 Å². The van der Waals surface area contributed by atoms with Crippen LogP contribution in [0.25, 0.3) is 0 Å². The van der Waals surface area contributed by atoms with Crippen molar-refractivity contribution in [2.45, 2.75) is 25.1 Å². The maximum Gasteiger partial charge on any atom is 0.222 e. The quantitative estimate of drug-likeness (QED) is 0.884. The van der Waals surface area contributed by atoms with Gasteiger partial charge in [0.25, 0.3) is 0 Å². The largest absolute Gasteiger partial charge is 0.314 e. The molecular weight excluding hydrogens is 288 g/mol. The van der Waals surface area contributed by atoms with E-state index in [4.69, 9.17) is 0 Å². The maximum absolute atomic E-state index is 12.5. The van der Waals surface area contributed by atoms with E-state index >= 15 is 0 Å². The average Bonchev–Trinajstić information content (AvgIpc) is 2.39. The Kier molecular flexibility index (Phi) is 5.66. The molecule has 1 aliphatic heterocycles. The van der Waals surface area contributed by atoms with Gasteiger partial charge in [-0.3, -0.25) is 9.97 Å². The fourth-order valence-corrected chi connectivity index (χ4v) is 3.83. The zero-order chi connectivity index (χ0) is 13.2. The lowest BCUT2D eigenvalue weighted by molar-refractivity contribution is 0.281. The summed E-state index contributed by atoms with van der Waals surface area (Å²) in [5.41, 5.74) is 0.489. The Labute approximate surface area is 120 Å². The van der Waals surface area contributed by atoms with E-state index < -0.39 is 15.3 Å². The second-order valence-corrected chi connectivity index (χ2v) is 6.69. The van der Waals surface area contributed by atoms with E-state index in [9.17, 15) is 8.42 Å². The molecule has 108 valence electrons. The van der Waals surface area contributed by atoms with Crippen LogP contribution in [0.4, 0.5) is 0 Å². The smallest absolute Gasteiger partial charge is 0.222 e. The van der Waals surface area contributed by atoms with Gasteiger partial charge in [-0.1, -0.05) is 0 Å². The van der Waals surface area contributed by atoms with Crippen molar-refractivity contribution in [3.8, 4) is 0 Å². The molecule has 0 amide bonds. The van der Waals surface area contributed by atoms with Gasteiger partial charge in [-0.25, -0.2) is 8.42 Å². The van der Waals surface area contributed by atoms with Crippen molar-refractivity contribution in [1.29, 1.82) is 0 Å². The van der Waals surface area contributed by atoms with Gasteiger partial charge in [0.1, 0.15) is 5.25 Å². The summed E-state index contributed by atoms with van der Waals surface area (Å²) in [6.45, 7) is 5.46. The Morgan fingerprint density at radius 1 is 1.47 bits per heavy atom. The first-order chi connectivity index (χ1) is 8.53. The molecule has 0 saturated carbocycles. The molecule has 0 radical (unpaired) electrons. The Morgan fingerprint density at radius 2 is 2.21 bits per heavy atom. The molecule has 0 aromatic carbocycles. The van der Waals surface area contributed by atoms with Crippen LogP contribution in [0, 0.1) is 0 Å². The second-order valence-electron chi connectivity index (χ2n) is 4.48. The SMILES string of the molecule is CC1CNCCN1S(=O)(=O)C(C)c1cnccn1.Cl. The number of aromatic nitrogens is 2.